The van der Waals surface area contributed by atoms with E-state index in [-0.39, 0.29) is 0 Å². The molecule has 0 aliphatic carbocycles. The van der Waals surface area contributed by atoms with Gasteiger partial charge in [0.25, 0.3) is 0 Å². The van der Waals surface area contributed by atoms with E-state index >= 15 is 0 Å². The van der Waals surface area contributed by atoms with Gasteiger partial charge in [-0.3, -0.25) is 14.1 Å². The van der Waals surface area contributed by atoms with E-state index in [0.717, 1.165) is 29.0 Å². The standard InChI is InChI=1S/C29H29F3N8O3/c1-18-23(15-39(37-18)16-29(30,31)32)28-22(19(2)41)5-7-26(34-28)40-17-33-24-13-21(4-6-25(24)40)43-27-8-3-20(35-36-27)14-38-9-11-42-12-10-38/h3-8,13,15,17,19,41H,9-12,14,16H2,1-2H3. The minimum Gasteiger partial charge on any atom is -0.437 e. The number of nitrogens with zero attached hydrogens (tertiary/aromatic N) is 8. The molecule has 0 radical (unpaired) electrons. The number of imidazole rings is 1. The van der Waals surface area contributed by atoms with Gasteiger partial charge in [0.15, 0.2) is 0 Å². The summed E-state index contributed by atoms with van der Waals surface area (Å²) in [6.07, 6.45) is -2.43. The maximum atomic E-state index is 13.0. The summed E-state index contributed by atoms with van der Waals surface area (Å²) in [7, 11) is 0. The van der Waals surface area contributed by atoms with Crippen molar-refractivity contribution in [1.82, 2.24) is 39.4 Å². The number of aryl methyl sites for hydroxylation is 1. The molecule has 0 saturated carbocycles. The molecule has 0 bridgehead atoms. The van der Waals surface area contributed by atoms with Crippen LogP contribution in [0.5, 0.6) is 11.6 Å². The summed E-state index contributed by atoms with van der Waals surface area (Å²) in [6.45, 7) is 5.81. The maximum absolute atomic E-state index is 13.0. The Hall–Kier alpha value is -4.40. The van der Waals surface area contributed by atoms with Gasteiger partial charge in [0.1, 0.15) is 24.4 Å². The number of hydrogen-bond donors (Lipinski definition) is 1. The summed E-state index contributed by atoms with van der Waals surface area (Å²) in [5.41, 5.74) is 3.79. The molecule has 1 saturated heterocycles. The van der Waals surface area contributed by atoms with Gasteiger partial charge in [-0.1, -0.05) is 6.07 Å². The number of ether oxygens (including phenoxy) is 2. The zero-order valence-electron chi connectivity index (χ0n) is 23.5. The van der Waals surface area contributed by atoms with Crippen LogP contribution >= 0.6 is 0 Å². The van der Waals surface area contributed by atoms with Gasteiger partial charge in [-0.05, 0) is 38.1 Å². The molecule has 224 valence electrons. The molecular formula is C29H29F3N8O3. The first-order chi connectivity index (χ1) is 20.6. The Morgan fingerprint density at radius 1 is 1.07 bits per heavy atom. The van der Waals surface area contributed by atoms with Crippen LogP contribution in [0.15, 0.2) is 55.0 Å². The second kappa shape index (κ2) is 11.7. The number of rotatable bonds is 8. The van der Waals surface area contributed by atoms with Crippen LogP contribution in [0.25, 0.3) is 28.1 Å². The fraction of sp³-hybridized carbons (Fsp3) is 0.345. The third-order valence-corrected chi connectivity index (χ3v) is 7.08. The Morgan fingerprint density at radius 2 is 1.88 bits per heavy atom. The lowest BCUT2D eigenvalue weighted by Gasteiger charge is -2.25. The molecule has 1 fully saturated rings. The van der Waals surface area contributed by atoms with Crippen LogP contribution in [-0.4, -0.2) is 77.0 Å². The molecule has 0 amide bonds. The van der Waals surface area contributed by atoms with Gasteiger partial charge >= 0.3 is 6.18 Å². The lowest BCUT2D eigenvalue weighted by molar-refractivity contribution is -0.142. The second-order valence-corrected chi connectivity index (χ2v) is 10.3. The quantitative estimate of drug-likeness (QED) is 0.275. The molecule has 1 aliphatic heterocycles. The van der Waals surface area contributed by atoms with Crippen molar-refractivity contribution >= 4 is 11.0 Å². The van der Waals surface area contributed by atoms with Gasteiger partial charge in [-0.2, -0.15) is 23.4 Å². The summed E-state index contributed by atoms with van der Waals surface area (Å²) >= 11 is 0. The van der Waals surface area contributed by atoms with E-state index in [9.17, 15) is 18.3 Å². The van der Waals surface area contributed by atoms with Crippen LogP contribution in [0.4, 0.5) is 13.2 Å². The van der Waals surface area contributed by atoms with Crippen LogP contribution in [-0.2, 0) is 17.8 Å². The largest absolute Gasteiger partial charge is 0.437 e. The molecule has 1 unspecified atom stereocenters. The summed E-state index contributed by atoms with van der Waals surface area (Å²) < 4.78 is 52.9. The Labute approximate surface area is 244 Å². The molecule has 43 heavy (non-hydrogen) atoms. The number of halogens is 3. The van der Waals surface area contributed by atoms with E-state index in [1.165, 1.54) is 6.20 Å². The molecule has 1 N–H and O–H groups in total. The van der Waals surface area contributed by atoms with Crippen molar-refractivity contribution in [2.24, 2.45) is 0 Å². The Bertz CT molecular complexity index is 1730. The van der Waals surface area contributed by atoms with Gasteiger partial charge in [-0.15, -0.1) is 5.10 Å². The third-order valence-electron chi connectivity index (χ3n) is 7.08. The van der Waals surface area contributed by atoms with Crippen LogP contribution in [0.2, 0.25) is 0 Å². The highest BCUT2D eigenvalue weighted by Gasteiger charge is 2.29. The summed E-state index contributed by atoms with van der Waals surface area (Å²) in [5, 5.41) is 22.9. The smallest absolute Gasteiger partial charge is 0.408 e. The second-order valence-electron chi connectivity index (χ2n) is 10.3. The highest BCUT2D eigenvalue weighted by atomic mass is 19.4. The van der Waals surface area contributed by atoms with E-state index < -0.39 is 18.8 Å². The maximum Gasteiger partial charge on any atom is 0.408 e. The average Bonchev–Trinajstić information content (AvgIpc) is 3.55. The van der Waals surface area contributed by atoms with Crippen molar-refractivity contribution in [3.8, 4) is 28.7 Å². The number of fused-ring (bicyclic) bond motifs is 1. The van der Waals surface area contributed by atoms with E-state index in [4.69, 9.17) is 14.5 Å². The fourth-order valence-electron chi connectivity index (χ4n) is 5.00. The molecule has 14 heteroatoms. The number of hydrogen-bond acceptors (Lipinski definition) is 9. The lowest BCUT2D eigenvalue weighted by Crippen LogP contribution is -2.35. The number of aliphatic hydroxyl groups excluding tert-OH is 1. The number of alkyl halides is 3. The minimum atomic E-state index is -4.42. The number of morpholine rings is 1. The van der Waals surface area contributed by atoms with Gasteiger partial charge in [-0.25, -0.2) is 9.97 Å². The Kier molecular flexibility index (Phi) is 7.81. The Morgan fingerprint density at radius 3 is 2.60 bits per heavy atom. The highest BCUT2D eigenvalue weighted by molar-refractivity contribution is 5.79. The molecule has 1 aliphatic rings. The van der Waals surface area contributed by atoms with Crippen molar-refractivity contribution in [3.63, 3.8) is 0 Å². The lowest BCUT2D eigenvalue weighted by atomic mass is 10.0. The molecular weight excluding hydrogens is 565 g/mol. The van der Waals surface area contributed by atoms with Gasteiger partial charge in [0.05, 0.1) is 47.4 Å². The van der Waals surface area contributed by atoms with Crippen molar-refractivity contribution in [1.29, 1.82) is 0 Å². The summed E-state index contributed by atoms with van der Waals surface area (Å²) in [4.78, 5) is 11.5. The first kappa shape index (κ1) is 28.7. The average molecular weight is 595 g/mol. The predicted octanol–water partition coefficient (Wildman–Crippen LogP) is 4.62. The van der Waals surface area contributed by atoms with Gasteiger partial charge in [0, 0.05) is 49.1 Å². The van der Waals surface area contributed by atoms with Crippen LogP contribution in [0.1, 0.15) is 30.0 Å². The highest BCUT2D eigenvalue weighted by Crippen LogP contribution is 2.32. The predicted molar refractivity (Wildman–Crippen MR) is 150 cm³/mol. The van der Waals surface area contributed by atoms with E-state index in [0.29, 0.717) is 65.2 Å². The SMILES string of the molecule is Cc1nn(CC(F)(F)F)cc1-c1nc(-n2cnc3cc(Oc4ccc(CN5CCOCC5)nn4)ccc32)ccc1C(C)O. The van der Waals surface area contributed by atoms with Crippen LogP contribution < -0.4 is 4.74 Å². The molecule has 1 atom stereocenters. The summed E-state index contributed by atoms with van der Waals surface area (Å²) in [6, 6.07) is 12.5. The van der Waals surface area contributed by atoms with Gasteiger partial charge < -0.3 is 14.6 Å². The normalized spacial score (nSPS) is 15.2. The number of aromatic nitrogens is 7. The van der Waals surface area contributed by atoms with Gasteiger partial charge in [0.2, 0.25) is 5.88 Å². The zero-order chi connectivity index (χ0) is 30.1. The van der Waals surface area contributed by atoms with E-state index in [1.54, 1.807) is 55.1 Å². The Balaban J connectivity index is 1.24. The number of benzene rings is 1. The van der Waals surface area contributed by atoms with Crippen LogP contribution in [0.3, 0.4) is 0 Å². The molecule has 5 aromatic rings. The van der Waals surface area contributed by atoms with Crippen molar-refractivity contribution in [2.75, 3.05) is 26.3 Å². The van der Waals surface area contributed by atoms with E-state index in [2.05, 4.69) is 25.2 Å². The number of aliphatic hydroxyl groups is 1. The van der Waals surface area contributed by atoms with Crippen molar-refractivity contribution < 1.29 is 27.8 Å². The zero-order valence-corrected chi connectivity index (χ0v) is 23.5. The molecule has 5 heterocycles. The fourth-order valence-corrected chi connectivity index (χ4v) is 5.00. The molecule has 6 rings (SSSR count). The molecule has 1 aromatic carbocycles. The first-order valence-corrected chi connectivity index (χ1v) is 13.7. The number of pyridine rings is 1. The first-order valence-electron chi connectivity index (χ1n) is 13.7. The minimum absolute atomic E-state index is 0.343. The monoisotopic (exact) mass is 594 g/mol. The van der Waals surface area contributed by atoms with Crippen molar-refractivity contribution in [2.45, 2.75) is 39.2 Å². The third kappa shape index (κ3) is 6.50. The summed E-state index contributed by atoms with van der Waals surface area (Å²) in [5.74, 6) is 1.35. The topological polar surface area (TPSA) is 116 Å². The van der Waals surface area contributed by atoms with Crippen LogP contribution in [0, 0.1) is 6.92 Å². The van der Waals surface area contributed by atoms with E-state index in [1.807, 2.05) is 12.1 Å². The van der Waals surface area contributed by atoms with Crippen molar-refractivity contribution in [3.05, 3.63) is 71.9 Å². The molecule has 0 spiro atoms. The molecule has 11 nitrogen and oxygen atoms in total. The molecule has 4 aromatic heterocycles.